The van der Waals surface area contributed by atoms with E-state index in [1.54, 1.807) is 30.7 Å². The zero-order valence-electron chi connectivity index (χ0n) is 31.9. The van der Waals surface area contributed by atoms with Crippen molar-refractivity contribution in [3.8, 4) is 5.75 Å². The number of benzene rings is 3. The lowest BCUT2D eigenvalue weighted by atomic mass is 9.80. The van der Waals surface area contributed by atoms with Gasteiger partial charge < -0.3 is 34.3 Å². The average Bonchev–Trinajstić information content (AvgIpc) is 3.11. The van der Waals surface area contributed by atoms with Gasteiger partial charge in [-0.05, 0) is 81.0 Å². The van der Waals surface area contributed by atoms with Crippen LogP contribution >= 0.6 is 0 Å². The smallest absolute Gasteiger partial charge is 0.243 e. The Kier molecular flexibility index (Phi) is 14.2. The number of hydrogen-bond acceptors (Lipinski definition) is 9. The minimum absolute atomic E-state index is 0.0555. The number of sulfonamides is 1. The number of nitrogens with zero attached hydrogens (tertiary/aromatic N) is 2. The quantitative estimate of drug-likeness (QED) is 0.151. The fraction of sp³-hybridized carbons (Fsp3) is 0.561. The van der Waals surface area contributed by atoms with Gasteiger partial charge in [0, 0.05) is 57.3 Å². The van der Waals surface area contributed by atoms with Crippen LogP contribution in [-0.2, 0) is 42.2 Å². The van der Waals surface area contributed by atoms with Gasteiger partial charge in [0.25, 0.3) is 0 Å². The zero-order chi connectivity index (χ0) is 37.3. The van der Waals surface area contributed by atoms with Crippen LogP contribution in [0.15, 0.2) is 71.6 Å². The summed E-state index contributed by atoms with van der Waals surface area (Å²) in [6.07, 6.45) is 1.60. The van der Waals surface area contributed by atoms with Gasteiger partial charge in [0.1, 0.15) is 12.4 Å². The molecule has 3 aromatic rings. The van der Waals surface area contributed by atoms with Gasteiger partial charge in [-0.2, -0.15) is 4.31 Å². The van der Waals surface area contributed by atoms with E-state index in [-0.39, 0.29) is 23.4 Å². The Balaban J connectivity index is 1.42. The lowest BCUT2D eigenvalue weighted by Crippen LogP contribution is -2.55. The van der Waals surface area contributed by atoms with Gasteiger partial charge in [-0.25, -0.2) is 8.42 Å². The van der Waals surface area contributed by atoms with Crippen molar-refractivity contribution in [2.24, 2.45) is 11.7 Å². The van der Waals surface area contributed by atoms with E-state index in [4.69, 9.17) is 29.4 Å². The third-order valence-electron chi connectivity index (χ3n) is 9.88. The molecule has 52 heavy (non-hydrogen) atoms. The van der Waals surface area contributed by atoms with Gasteiger partial charge in [0.15, 0.2) is 0 Å². The van der Waals surface area contributed by atoms with E-state index in [9.17, 15) is 8.42 Å². The lowest BCUT2D eigenvalue weighted by Gasteiger charge is -2.45. The van der Waals surface area contributed by atoms with Crippen molar-refractivity contribution in [2.45, 2.75) is 88.7 Å². The molecule has 1 fully saturated rings. The van der Waals surface area contributed by atoms with E-state index in [1.807, 2.05) is 45.0 Å². The van der Waals surface area contributed by atoms with Crippen molar-refractivity contribution >= 4 is 15.7 Å². The standard InChI is InChI=1S/C41H59N3O7S/c1-30-8-15-36(16-9-30)52(45,46)44-25-40(51-29-33-12-17-39-38(22-33)43(19-21-50-39)18-7-20-47-5)37(23-35(44)24-41(3,4)42)34-13-10-32(11-14-34)28-49-27-31(2)26-48-6/h8-17,22,31,35,37,40H,7,18-21,23-29,42H2,1-6H3/t31?,35-,37-,40+/m1/s1. The minimum atomic E-state index is -3.84. The number of hydrogen-bond donors (Lipinski definition) is 1. The van der Waals surface area contributed by atoms with Crippen molar-refractivity contribution in [1.82, 2.24) is 4.31 Å². The van der Waals surface area contributed by atoms with Crippen LogP contribution in [-0.4, -0.2) is 90.7 Å². The molecule has 2 aliphatic heterocycles. The van der Waals surface area contributed by atoms with Gasteiger partial charge in [-0.15, -0.1) is 0 Å². The largest absolute Gasteiger partial charge is 0.490 e. The maximum absolute atomic E-state index is 14.4. The van der Waals surface area contributed by atoms with Crippen LogP contribution in [0.5, 0.6) is 5.75 Å². The third-order valence-corrected chi connectivity index (χ3v) is 11.8. The summed E-state index contributed by atoms with van der Waals surface area (Å²) in [6, 6.07) is 21.4. The molecule has 1 saturated heterocycles. The molecule has 0 aromatic heterocycles. The second-order valence-corrected chi connectivity index (χ2v) is 17.1. The van der Waals surface area contributed by atoms with Gasteiger partial charge in [-0.1, -0.05) is 55.0 Å². The first-order valence-electron chi connectivity index (χ1n) is 18.5. The Morgan fingerprint density at radius 1 is 0.962 bits per heavy atom. The molecule has 286 valence electrons. The fourth-order valence-electron chi connectivity index (χ4n) is 7.28. The normalized spacial score (nSPS) is 20.4. The molecule has 2 aliphatic rings. The predicted molar refractivity (Wildman–Crippen MR) is 205 cm³/mol. The zero-order valence-corrected chi connectivity index (χ0v) is 32.7. The number of piperidine rings is 1. The Morgan fingerprint density at radius 2 is 1.69 bits per heavy atom. The highest BCUT2D eigenvalue weighted by molar-refractivity contribution is 7.89. The van der Waals surface area contributed by atoms with Gasteiger partial charge in [0.2, 0.25) is 10.0 Å². The van der Waals surface area contributed by atoms with E-state index in [2.05, 4.69) is 42.2 Å². The molecule has 11 heteroatoms. The van der Waals surface area contributed by atoms with Crippen LogP contribution in [0.4, 0.5) is 5.69 Å². The molecule has 0 amide bonds. The van der Waals surface area contributed by atoms with Crippen LogP contribution in [0.2, 0.25) is 0 Å². The number of ether oxygens (including phenoxy) is 5. The number of rotatable bonds is 18. The monoisotopic (exact) mass is 737 g/mol. The maximum Gasteiger partial charge on any atom is 0.243 e. The molecule has 5 rings (SSSR count). The lowest BCUT2D eigenvalue weighted by molar-refractivity contribution is -0.0228. The van der Waals surface area contributed by atoms with Crippen LogP contribution in [0.3, 0.4) is 0 Å². The van der Waals surface area contributed by atoms with E-state index in [1.165, 1.54) is 0 Å². The highest BCUT2D eigenvalue weighted by Crippen LogP contribution is 2.40. The molecule has 2 N–H and O–H groups in total. The molecular formula is C41H59N3O7S. The fourth-order valence-corrected chi connectivity index (χ4v) is 8.93. The van der Waals surface area contributed by atoms with Crippen molar-refractivity contribution in [2.75, 3.05) is 65.2 Å². The third kappa shape index (κ3) is 10.8. The summed E-state index contributed by atoms with van der Waals surface area (Å²) in [7, 11) is -0.414. The molecule has 0 aliphatic carbocycles. The predicted octanol–water partition coefficient (Wildman–Crippen LogP) is 6.29. The first kappa shape index (κ1) is 40.2. The first-order valence-corrected chi connectivity index (χ1v) is 20.0. The number of methoxy groups -OCH3 is 2. The molecule has 10 nitrogen and oxygen atoms in total. The Labute approximate surface area is 311 Å². The summed E-state index contributed by atoms with van der Waals surface area (Å²) in [5.74, 6) is 1.12. The Morgan fingerprint density at radius 3 is 2.38 bits per heavy atom. The van der Waals surface area contributed by atoms with Crippen molar-refractivity contribution < 1.29 is 32.1 Å². The van der Waals surface area contributed by atoms with E-state index < -0.39 is 21.7 Å². The number of anilines is 1. The number of fused-ring (bicyclic) bond motifs is 1. The Bertz CT molecular complexity index is 1660. The SMILES string of the molecule is COCCCN1CCOc2ccc(CO[C@H]3CN(S(=O)(=O)c4ccc(C)cc4)[C@@H](CC(C)(C)N)C[C@@H]3c3ccc(COCC(C)COC)cc3)cc21. The van der Waals surface area contributed by atoms with Gasteiger partial charge in [0.05, 0.1) is 49.7 Å². The van der Waals surface area contributed by atoms with Gasteiger partial charge >= 0.3 is 0 Å². The summed E-state index contributed by atoms with van der Waals surface area (Å²) in [6.45, 7) is 13.3. The summed E-state index contributed by atoms with van der Waals surface area (Å²) < 4.78 is 59.7. The number of nitrogens with two attached hydrogens (primary N) is 1. The summed E-state index contributed by atoms with van der Waals surface area (Å²) in [5, 5.41) is 0. The van der Waals surface area contributed by atoms with Crippen LogP contribution in [0.25, 0.3) is 0 Å². The van der Waals surface area contributed by atoms with E-state index in [0.717, 1.165) is 53.2 Å². The highest BCUT2D eigenvalue weighted by Gasteiger charge is 2.44. The van der Waals surface area contributed by atoms with Crippen molar-refractivity contribution in [1.29, 1.82) is 0 Å². The van der Waals surface area contributed by atoms with Crippen LogP contribution in [0.1, 0.15) is 68.2 Å². The molecule has 0 radical (unpaired) electrons. The van der Waals surface area contributed by atoms with Gasteiger partial charge in [-0.3, -0.25) is 0 Å². The van der Waals surface area contributed by atoms with E-state index in [0.29, 0.717) is 58.4 Å². The molecule has 1 unspecified atom stereocenters. The summed E-state index contributed by atoms with van der Waals surface area (Å²) in [5.41, 5.74) is 11.3. The molecule has 0 saturated carbocycles. The average molecular weight is 738 g/mol. The van der Waals surface area contributed by atoms with E-state index >= 15 is 0 Å². The van der Waals surface area contributed by atoms with Crippen LogP contribution < -0.4 is 15.4 Å². The van der Waals surface area contributed by atoms with Crippen molar-refractivity contribution in [3.63, 3.8) is 0 Å². The molecule has 0 bridgehead atoms. The summed E-state index contributed by atoms with van der Waals surface area (Å²) in [4.78, 5) is 2.62. The second kappa shape index (κ2) is 18.3. The molecular weight excluding hydrogens is 679 g/mol. The topological polar surface area (TPSA) is 113 Å². The summed E-state index contributed by atoms with van der Waals surface area (Å²) >= 11 is 0. The van der Waals surface area contributed by atoms with Crippen molar-refractivity contribution in [3.05, 3.63) is 89.0 Å². The molecule has 4 atom stereocenters. The minimum Gasteiger partial charge on any atom is -0.490 e. The number of aryl methyl sites for hydroxylation is 1. The highest BCUT2D eigenvalue weighted by atomic mass is 32.2. The molecule has 2 heterocycles. The second-order valence-electron chi connectivity index (χ2n) is 15.2. The van der Waals surface area contributed by atoms with Crippen LogP contribution in [0, 0.1) is 12.8 Å². The maximum atomic E-state index is 14.4. The Hall–Kier alpha value is -3.03. The molecule has 3 aromatic carbocycles. The molecule has 0 spiro atoms. The first-order chi connectivity index (χ1) is 24.9.